The van der Waals surface area contributed by atoms with Crippen molar-refractivity contribution in [3.8, 4) is 11.5 Å². The van der Waals surface area contributed by atoms with Crippen molar-refractivity contribution >= 4 is 46.2 Å². The Morgan fingerprint density at radius 3 is 2.21 bits per heavy atom. The molecule has 1 aromatic carbocycles. The molecule has 228 valence electrons. The zero-order valence-corrected chi connectivity index (χ0v) is 26.3. The number of rotatable bonds is 13. The van der Waals surface area contributed by atoms with Crippen molar-refractivity contribution in [2.45, 2.75) is 50.0 Å². The van der Waals surface area contributed by atoms with E-state index in [4.69, 9.17) is 25.8 Å². The molecule has 2 N–H and O–H groups in total. The van der Waals surface area contributed by atoms with Gasteiger partial charge in [0.05, 0.1) is 28.5 Å². The minimum absolute atomic E-state index is 0.179. The predicted molar refractivity (Wildman–Crippen MR) is 163 cm³/mol. The molecular weight excluding hydrogens is 600 g/mol. The number of esters is 1. The third kappa shape index (κ3) is 7.45. The van der Waals surface area contributed by atoms with Gasteiger partial charge in [-0.1, -0.05) is 23.7 Å². The molecule has 3 aromatic rings. The Labute approximate surface area is 259 Å². The van der Waals surface area contributed by atoms with Crippen LogP contribution in [0, 0.1) is 0 Å². The largest absolute Gasteiger partial charge is 0.496 e. The molecule has 0 atom stereocenters. The van der Waals surface area contributed by atoms with E-state index in [2.05, 4.69) is 4.90 Å². The quantitative estimate of drug-likeness (QED) is 0.264. The number of hydrogen-bond acceptors (Lipinski definition) is 10. The molecule has 0 aliphatic heterocycles. The monoisotopic (exact) mass is 636 g/mol. The number of aliphatic hydroxyl groups excluding tert-OH is 1. The minimum atomic E-state index is -1.79. The van der Waals surface area contributed by atoms with Crippen LogP contribution in [0.4, 0.5) is 0 Å². The zero-order valence-electron chi connectivity index (χ0n) is 24.0. The summed E-state index contributed by atoms with van der Waals surface area (Å²) in [5.74, 6) is -0.0735. The van der Waals surface area contributed by atoms with Crippen LogP contribution in [0.2, 0.25) is 5.02 Å². The molecule has 0 spiro atoms. The summed E-state index contributed by atoms with van der Waals surface area (Å²) in [6.45, 7) is 0.789. The van der Waals surface area contributed by atoms with Crippen molar-refractivity contribution in [1.29, 1.82) is 0 Å². The normalized spacial score (nSPS) is 17.2. The zero-order chi connectivity index (χ0) is 30.3. The van der Waals surface area contributed by atoms with E-state index in [0.717, 1.165) is 12.8 Å². The summed E-state index contributed by atoms with van der Waals surface area (Å²) in [4.78, 5) is 30.9. The fraction of sp³-hybridized carbons (Fsp3) is 0.467. The topological polar surface area (TPSA) is 109 Å². The van der Waals surface area contributed by atoms with Crippen LogP contribution in [-0.4, -0.2) is 84.9 Å². The SMILES string of the molecule is COc1cc(OCC(=O)N(C)CCN(C)C2CCC(OC(=O)C(O)(c3cccs3)c3cccs3)CC2)c(Cl)cc1CO. The van der Waals surface area contributed by atoms with Crippen LogP contribution in [0.1, 0.15) is 41.0 Å². The molecule has 1 fully saturated rings. The molecule has 2 aromatic heterocycles. The van der Waals surface area contributed by atoms with Gasteiger partial charge < -0.3 is 34.2 Å². The van der Waals surface area contributed by atoms with E-state index in [-0.39, 0.29) is 25.2 Å². The Morgan fingerprint density at radius 2 is 1.67 bits per heavy atom. The second-order valence-corrected chi connectivity index (χ2v) is 12.6. The first kappa shape index (κ1) is 32.2. The first-order chi connectivity index (χ1) is 20.2. The van der Waals surface area contributed by atoms with Crippen LogP contribution < -0.4 is 9.47 Å². The summed E-state index contributed by atoms with van der Waals surface area (Å²) in [5.41, 5.74) is -1.26. The second-order valence-electron chi connectivity index (χ2n) is 10.3. The van der Waals surface area contributed by atoms with Crippen molar-refractivity contribution in [3.05, 3.63) is 67.5 Å². The Balaban J connectivity index is 1.22. The van der Waals surface area contributed by atoms with Gasteiger partial charge in [0.15, 0.2) is 6.61 Å². The molecule has 42 heavy (non-hydrogen) atoms. The Hall–Kier alpha value is -2.67. The molecule has 9 nitrogen and oxygen atoms in total. The van der Waals surface area contributed by atoms with Gasteiger partial charge in [0, 0.05) is 37.8 Å². The number of thiophene rings is 2. The molecule has 1 aliphatic carbocycles. The molecular formula is C30H37ClN2O7S2. The lowest BCUT2D eigenvalue weighted by atomic mass is 9.91. The van der Waals surface area contributed by atoms with E-state index in [1.807, 2.05) is 29.9 Å². The van der Waals surface area contributed by atoms with Crippen molar-refractivity contribution in [3.63, 3.8) is 0 Å². The van der Waals surface area contributed by atoms with Gasteiger partial charge in [-0.3, -0.25) is 4.79 Å². The highest BCUT2D eigenvalue weighted by Crippen LogP contribution is 2.38. The lowest BCUT2D eigenvalue weighted by molar-refractivity contribution is -0.169. The summed E-state index contributed by atoms with van der Waals surface area (Å²) in [5, 5.41) is 24.9. The highest BCUT2D eigenvalue weighted by molar-refractivity contribution is 7.12. The van der Waals surface area contributed by atoms with Crippen molar-refractivity contribution in [1.82, 2.24) is 9.80 Å². The number of benzene rings is 1. The van der Waals surface area contributed by atoms with Gasteiger partial charge in [-0.05, 0) is 61.7 Å². The number of ether oxygens (including phenoxy) is 3. The molecule has 4 rings (SSSR count). The molecule has 0 unspecified atom stereocenters. The highest BCUT2D eigenvalue weighted by Gasteiger charge is 2.45. The number of aliphatic hydroxyl groups is 2. The Bertz CT molecular complexity index is 1280. The van der Waals surface area contributed by atoms with Gasteiger partial charge >= 0.3 is 5.97 Å². The number of methoxy groups -OCH3 is 1. The Morgan fingerprint density at radius 1 is 1.02 bits per heavy atom. The summed E-state index contributed by atoms with van der Waals surface area (Å²) >= 11 is 8.90. The smallest absolute Gasteiger partial charge is 0.349 e. The van der Waals surface area contributed by atoms with E-state index in [9.17, 15) is 19.8 Å². The maximum atomic E-state index is 13.3. The second kappa shape index (κ2) is 14.7. The number of carbonyl (C=O) groups excluding carboxylic acids is 2. The van der Waals surface area contributed by atoms with Crippen LogP contribution in [0.3, 0.4) is 0 Å². The van der Waals surface area contributed by atoms with Gasteiger partial charge in [0.2, 0.25) is 5.60 Å². The standard InChI is InChI=1S/C30H37ClN2O7S2/c1-32(12-13-33(2)28(35)19-39-25-17-24(38-3)20(18-34)16-23(25)31)21-8-10-22(11-9-21)40-29(36)30(37,26-6-4-14-41-26)27-7-5-15-42-27/h4-7,14-17,21-22,34,37H,8-13,18-19H2,1-3H3. The number of amides is 1. The lowest BCUT2D eigenvalue weighted by Gasteiger charge is -2.36. The lowest BCUT2D eigenvalue weighted by Crippen LogP contribution is -2.44. The maximum Gasteiger partial charge on any atom is 0.349 e. The van der Waals surface area contributed by atoms with Crippen LogP contribution in [0.15, 0.2) is 47.2 Å². The molecule has 12 heteroatoms. The minimum Gasteiger partial charge on any atom is -0.496 e. The number of hydrogen-bond donors (Lipinski definition) is 2. The number of carbonyl (C=O) groups is 2. The van der Waals surface area contributed by atoms with Gasteiger partial charge in [-0.25, -0.2) is 4.79 Å². The molecule has 0 radical (unpaired) electrons. The maximum absolute atomic E-state index is 13.3. The van der Waals surface area contributed by atoms with Crippen LogP contribution in [-0.2, 0) is 26.5 Å². The van der Waals surface area contributed by atoms with Gasteiger partial charge in [-0.15, -0.1) is 22.7 Å². The van der Waals surface area contributed by atoms with Gasteiger partial charge in [0.1, 0.15) is 17.6 Å². The van der Waals surface area contributed by atoms with Crippen LogP contribution in [0.5, 0.6) is 11.5 Å². The third-order valence-electron chi connectivity index (χ3n) is 7.66. The molecule has 1 saturated carbocycles. The van der Waals surface area contributed by atoms with Crippen molar-refractivity contribution < 1.29 is 34.0 Å². The third-order valence-corrected chi connectivity index (χ3v) is 9.91. The van der Waals surface area contributed by atoms with Crippen molar-refractivity contribution in [2.75, 3.05) is 40.9 Å². The molecule has 2 heterocycles. The van der Waals surface area contributed by atoms with E-state index in [1.54, 1.807) is 36.2 Å². The molecule has 1 aliphatic rings. The first-order valence-electron chi connectivity index (χ1n) is 13.7. The van der Waals surface area contributed by atoms with Crippen LogP contribution >= 0.6 is 34.3 Å². The predicted octanol–water partition coefficient (Wildman–Crippen LogP) is 4.52. The van der Waals surface area contributed by atoms with E-state index < -0.39 is 11.6 Å². The average molecular weight is 637 g/mol. The number of nitrogens with zero attached hydrogens (tertiary/aromatic N) is 2. The summed E-state index contributed by atoms with van der Waals surface area (Å²) in [6, 6.07) is 10.6. The highest BCUT2D eigenvalue weighted by atomic mass is 35.5. The Kier molecular flexibility index (Phi) is 11.3. The summed E-state index contributed by atoms with van der Waals surface area (Å²) in [6.07, 6.45) is 2.83. The van der Waals surface area contributed by atoms with Crippen LogP contribution in [0.25, 0.3) is 0 Å². The fourth-order valence-electron chi connectivity index (χ4n) is 5.00. The van der Waals surface area contributed by atoms with Crippen molar-refractivity contribution in [2.24, 2.45) is 0 Å². The van der Waals surface area contributed by atoms with Gasteiger partial charge in [0.25, 0.3) is 5.91 Å². The molecule has 0 bridgehead atoms. The number of likely N-dealkylation sites (N-methyl/N-ethyl adjacent to an activating group) is 2. The van der Waals surface area contributed by atoms with Gasteiger partial charge in [-0.2, -0.15) is 0 Å². The average Bonchev–Trinajstić information content (AvgIpc) is 3.74. The summed E-state index contributed by atoms with van der Waals surface area (Å²) < 4.78 is 16.8. The fourth-order valence-corrected chi connectivity index (χ4v) is 6.95. The first-order valence-corrected chi connectivity index (χ1v) is 15.9. The van der Waals surface area contributed by atoms with E-state index >= 15 is 0 Å². The van der Waals surface area contributed by atoms with E-state index in [1.165, 1.54) is 29.8 Å². The molecule has 0 saturated heterocycles. The molecule has 1 amide bonds. The number of halogens is 1. The van der Waals surface area contributed by atoms with E-state index in [0.29, 0.717) is 63.8 Å². The summed E-state index contributed by atoms with van der Waals surface area (Å²) in [7, 11) is 5.25.